The first kappa shape index (κ1) is 24.5. The molecule has 3 heterocycles. The van der Waals surface area contributed by atoms with Crippen LogP contribution in [0.5, 0.6) is 0 Å². The predicted octanol–water partition coefficient (Wildman–Crippen LogP) is 0.950. The van der Waals surface area contributed by atoms with Crippen molar-refractivity contribution in [2.45, 2.75) is 18.4 Å². The largest absolute Gasteiger partial charge is 0.379 e. The minimum Gasteiger partial charge on any atom is -0.379 e. The lowest BCUT2D eigenvalue weighted by Gasteiger charge is -2.34. The van der Waals surface area contributed by atoms with E-state index in [0.29, 0.717) is 64.6 Å². The highest BCUT2D eigenvalue weighted by Crippen LogP contribution is 2.19. The molecule has 2 saturated heterocycles. The molecule has 0 unspecified atom stereocenters. The molecule has 2 fully saturated rings. The normalized spacial score (nSPS) is 17.9. The van der Waals surface area contributed by atoms with E-state index in [1.165, 1.54) is 22.0 Å². The molecule has 0 bridgehead atoms. The quantitative estimate of drug-likeness (QED) is 0.481. The summed E-state index contributed by atoms with van der Waals surface area (Å²) in [6, 6.07) is 14.2. The van der Waals surface area contributed by atoms with Gasteiger partial charge < -0.3 is 9.64 Å². The molecule has 0 N–H and O–H groups in total. The van der Waals surface area contributed by atoms with E-state index < -0.39 is 10.0 Å². The Morgan fingerprint density at radius 2 is 1.58 bits per heavy atom. The molecule has 2 aromatic carbocycles. The van der Waals surface area contributed by atoms with Crippen LogP contribution < -0.4 is 0 Å². The highest BCUT2D eigenvalue weighted by molar-refractivity contribution is 7.89. The smallest absolute Gasteiger partial charge is 0.253 e. The lowest BCUT2D eigenvalue weighted by atomic mass is 10.2. The summed E-state index contributed by atoms with van der Waals surface area (Å²) >= 11 is 0. The number of piperazine rings is 1. The molecule has 0 atom stereocenters. The van der Waals surface area contributed by atoms with Crippen molar-refractivity contribution in [3.63, 3.8) is 0 Å². The molecule has 5 rings (SSSR count). The summed E-state index contributed by atoms with van der Waals surface area (Å²) in [6.07, 6.45) is 0. The molecule has 0 spiro atoms. The lowest BCUT2D eigenvalue weighted by molar-refractivity contribution is 0.0624. The number of sulfonamides is 1. The maximum atomic E-state index is 13.0. The Labute approximate surface area is 210 Å². The molecular formula is C24H29N7O4S. The summed E-state index contributed by atoms with van der Waals surface area (Å²) < 4.78 is 34.0. The zero-order valence-corrected chi connectivity index (χ0v) is 21.0. The van der Waals surface area contributed by atoms with Gasteiger partial charge in [-0.25, -0.2) is 8.42 Å². The van der Waals surface area contributed by atoms with E-state index in [2.05, 4.69) is 20.4 Å². The number of carbonyl (C=O) groups excluding carboxylic acids is 1. The fraction of sp³-hybridized carbons (Fsp3) is 0.417. The number of aryl methyl sites for hydroxylation is 1. The third-order valence-corrected chi connectivity index (χ3v) is 8.46. The molecule has 11 nitrogen and oxygen atoms in total. The van der Waals surface area contributed by atoms with Gasteiger partial charge in [0.15, 0.2) is 5.82 Å². The topological polar surface area (TPSA) is 114 Å². The van der Waals surface area contributed by atoms with Crippen LogP contribution in [-0.2, 0) is 21.3 Å². The predicted molar refractivity (Wildman–Crippen MR) is 131 cm³/mol. The van der Waals surface area contributed by atoms with Gasteiger partial charge >= 0.3 is 0 Å². The third kappa shape index (κ3) is 5.16. The molecular weight excluding hydrogens is 482 g/mol. The number of morpholine rings is 1. The van der Waals surface area contributed by atoms with Crippen molar-refractivity contribution in [2.24, 2.45) is 0 Å². The van der Waals surface area contributed by atoms with E-state index in [0.717, 1.165) is 11.5 Å². The van der Waals surface area contributed by atoms with Crippen molar-refractivity contribution in [1.29, 1.82) is 0 Å². The molecule has 1 amide bonds. The van der Waals surface area contributed by atoms with E-state index in [1.807, 2.05) is 31.2 Å². The van der Waals surface area contributed by atoms with Gasteiger partial charge in [0, 0.05) is 44.8 Å². The Morgan fingerprint density at radius 3 is 2.25 bits per heavy atom. The van der Waals surface area contributed by atoms with Crippen molar-refractivity contribution >= 4 is 15.9 Å². The molecule has 12 heteroatoms. The van der Waals surface area contributed by atoms with Crippen LogP contribution in [-0.4, -0.2) is 101 Å². The Morgan fingerprint density at radius 1 is 0.917 bits per heavy atom. The first-order valence-electron chi connectivity index (χ1n) is 12.0. The van der Waals surface area contributed by atoms with E-state index in [9.17, 15) is 13.2 Å². The highest BCUT2D eigenvalue weighted by atomic mass is 32.2. The SMILES string of the molecule is Cc1ccc(-n2nnnc2CN2CCN(C(=O)c3ccc(S(=O)(=O)N4CCOCC4)cc3)CC2)cc1. The third-order valence-electron chi connectivity index (χ3n) is 6.55. The summed E-state index contributed by atoms with van der Waals surface area (Å²) in [4.78, 5) is 17.3. The second kappa shape index (κ2) is 10.4. The number of carbonyl (C=O) groups is 1. The molecule has 3 aromatic rings. The fourth-order valence-electron chi connectivity index (χ4n) is 4.39. The van der Waals surface area contributed by atoms with Gasteiger partial charge in [-0.1, -0.05) is 17.7 Å². The molecule has 1 aromatic heterocycles. The number of benzene rings is 2. The van der Waals surface area contributed by atoms with Crippen molar-refractivity contribution in [1.82, 2.24) is 34.3 Å². The molecule has 190 valence electrons. The average molecular weight is 512 g/mol. The number of hydrogen-bond donors (Lipinski definition) is 0. The zero-order chi connectivity index (χ0) is 25.1. The van der Waals surface area contributed by atoms with E-state index in [4.69, 9.17) is 4.74 Å². The van der Waals surface area contributed by atoms with Crippen LogP contribution in [0.25, 0.3) is 5.69 Å². The molecule has 2 aliphatic heterocycles. The highest BCUT2D eigenvalue weighted by Gasteiger charge is 2.27. The van der Waals surface area contributed by atoms with E-state index in [1.54, 1.807) is 21.7 Å². The van der Waals surface area contributed by atoms with Crippen LogP contribution in [0.3, 0.4) is 0 Å². The number of nitrogens with zero attached hydrogens (tertiary/aromatic N) is 7. The second-order valence-electron chi connectivity index (χ2n) is 8.95. The molecule has 0 radical (unpaired) electrons. The number of rotatable bonds is 6. The van der Waals surface area contributed by atoms with E-state index in [-0.39, 0.29) is 10.8 Å². The van der Waals surface area contributed by atoms with Crippen LogP contribution >= 0.6 is 0 Å². The Hall–Kier alpha value is -3.19. The summed E-state index contributed by atoms with van der Waals surface area (Å²) in [5.74, 6) is 0.644. The average Bonchev–Trinajstić information content (AvgIpc) is 3.38. The standard InChI is InChI=1S/C24H29N7O4S/c1-19-2-6-21(7-3-19)31-23(25-26-27-31)18-28-10-12-29(13-11-28)24(32)20-4-8-22(9-5-20)36(33,34)30-14-16-35-17-15-30/h2-9H,10-18H2,1H3. The number of hydrogen-bond acceptors (Lipinski definition) is 8. The first-order chi connectivity index (χ1) is 17.4. The second-order valence-corrected chi connectivity index (χ2v) is 10.9. The fourth-order valence-corrected chi connectivity index (χ4v) is 5.80. The zero-order valence-electron chi connectivity index (χ0n) is 20.2. The van der Waals surface area contributed by atoms with Crippen LogP contribution in [0.4, 0.5) is 0 Å². The van der Waals surface area contributed by atoms with Crippen molar-refractivity contribution in [3.8, 4) is 5.69 Å². The van der Waals surface area contributed by atoms with Crippen molar-refractivity contribution < 1.29 is 17.9 Å². The molecule has 36 heavy (non-hydrogen) atoms. The van der Waals surface area contributed by atoms with E-state index >= 15 is 0 Å². The Balaban J connectivity index is 1.18. The number of aromatic nitrogens is 4. The van der Waals surface area contributed by atoms with Gasteiger partial charge in [0.1, 0.15) is 0 Å². The van der Waals surface area contributed by atoms with Crippen LogP contribution in [0, 0.1) is 6.92 Å². The minimum absolute atomic E-state index is 0.102. The van der Waals surface area contributed by atoms with Gasteiger partial charge in [-0.3, -0.25) is 9.69 Å². The summed E-state index contributed by atoms with van der Waals surface area (Å²) in [5, 5.41) is 12.2. The molecule has 2 aliphatic rings. The van der Waals surface area contributed by atoms with Gasteiger partial charge in [-0.05, 0) is 53.7 Å². The molecule has 0 saturated carbocycles. The van der Waals surface area contributed by atoms with Crippen LogP contribution in [0.15, 0.2) is 53.4 Å². The maximum Gasteiger partial charge on any atom is 0.253 e. The minimum atomic E-state index is -3.58. The van der Waals surface area contributed by atoms with Gasteiger partial charge in [0.25, 0.3) is 5.91 Å². The number of amides is 1. The van der Waals surface area contributed by atoms with Gasteiger partial charge in [0.05, 0.1) is 30.3 Å². The first-order valence-corrected chi connectivity index (χ1v) is 13.4. The van der Waals surface area contributed by atoms with Gasteiger partial charge in [0.2, 0.25) is 10.0 Å². The summed E-state index contributed by atoms with van der Waals surface area (Å²) in [6.45, 7) is 6.59. The summed E-state index contributed by atoms with van der Waals surface area (Å²) in [7, 11) is -3.58. The van der Waals surface area contributed by atoms with Gasteiger partial charge in [-0.2, -0.15) is 8.99 Å². The Kier molecular flexibility index (Phi) is 7.10. The number of tetrazole rings is 1. The monoisotopic (exact) mass is 511 g/mol. The summed E-state index contributed by atoms with van der Waals surface area (Å²) in [5.41, 5.74) is 2.56. The molecule has 0 aliphatic carbocycles. The van der Waals surface area contributed by atoms with Crippen molar-refractivity contribution in [2.75, 3.05) is 52.5 Å². The van der Waals surface area contributed by atoms with Crippen LogP contribution in [0.1, 0.15) is 21.7 Å². The Bertz CT molecular complexity index is 1290. The maximum absolute atomic E-state index is 13.0. The van der Waals surface area contributed by atoms with Crippen molar-refractivity contribution in [3.05, 3.63) is 65.5 Å². The van der Waals surface area contributed by atoms with Gasteiger partial charge in [-0.15, -0.1) is 5.10 Å². The number of ether oxygens (including phenoxy) is 1. The lowest BCUT2D eigenvalue weighted by Crippen LogP contribution is -2.48. The van der Waals surface area contributed by atoms with Crippen LogP contribution in [0.2, 0.25) is 0 Å².